The fourth-order valence-electron chi connectivity index (χ4n) is 2.06. The first-order valence-electron chi connectivity index (χ1n) is 8.15. The third-order valence-electron chi connectivity index (χ3n) is 3.29. The van der Waals surface area contributed by atoms with Gasteiger partial charge in [-0.2, -0.15) is 0 Å². The van der Waals surface area contributed by atoms with Crippen molar-refractivity contribution in [2.24, 2.45) is 0 Å². The van der Waals surface area contributed by atoms with Crippen LogP contribution in [0.1, 0.15) is 53.9 Å². The van der Waals surface area contributed by atoms with Crippen molar-refractivity contribution in [3.05, 3.63) is 34.9 Å². The number of carbonyl (C=O) groups excluding carboxylic acids is 2. The number of aliphatic hydroxyl groups is 1. The van der Waals surface area contributed by atoms with Gasteiger partial charge in [-0.05, 0) is 33.6 Å². The molecule has 0 radical (unpaired) electrons. The van der Waals surface area contributed by atoms with Gasteiger partial charge in [0.2, 0.25) is 0 Å². The number of hydrogen-bond acceptors (Lipinski definition) is 5. The van der Waals surface area contributed by atoms with E-state index in [2.05, 4.69) is 19.9 Å². The largest absolute Gasteiger partial charge is 0.461 e. The maximum Gasteiger partial charge on any atom is 0.303 e. The minimum absolute atomic E-state index is 0.00149. The molecule has 0 saturated heterocycles. The standard InChI is InChI=1S/C19H30O5/c1-14(2)7-6-8-15(3)9-10-19(24-17(5)22)18(11-12-20)13-23-16(4)21/h7,9,11,19-20H,6,8,10,12-13H2,1-5H3/b15-9+,18-11+. The number of carbonyl (C=O) groups is 2. The molecule has 5 nitrogen and oxygen atoms in total. The van der Waals surface area contributed by atoms with E-state index in [-0.39, 0.29) is 13.2 Å². The van der Waals surface area contributed by atoms with Crippen LogP contribution in [-0.4, -0.2) is 36.4 Å². The summed E-state index contributed by atoms with van der Waals surface area (Å²) in [6, 6.07) is 0. The minimum atomic E-state index is -0.549. The van der Waals surface area contributed by atoms with Crippen LogP contribution >= 0.6 is 0 Å². The highest BCUT2D eigenvalue weighted by Crippen LogP contribution is 2.16. The van der Waals surface area contributed by atoms with E-state index in [1.54, 1.807) is 0 Å². The molecule has 1 N–H and O–H groups in total. The number of hydrogen-bond donors (Lipinski definition) is 1. The van der Waals surface area contributed by atoms with Crippen LogP contribution in [-0.2, 0) is 19.1 Å². The van der Waals surface area contributed by atoms with Gasteiger partial charge < -0.3 is 14.6 Å². The van der Waals surface area contributed by atoms with Crippen molar-refractivity contribution in [3.8, 4) is 0 Å². The Morgan fingerprint density at radius 3 is 2.17 bits per heavy atom. The normalized spacial score (nSPS) is 13.2. The Morgan fingerprint density at radius 2 is 1.67 bits per heavy atom. The van der Waals surface area contributed by atoms with Crippen molar-refractivity contribution < 1.29 is 24.2 Å². The molecule has 0 aliphatic rings. The van der Waals surface area contributed by atoms with Crippen LogP contribution in [0.2, 0.25) is 0 Å². The van der Waals surface area contributed by atoms with E-state index in [9.17, 15) is 9.59 Å². The van der Waals surface area contributed by atoms with Crippen LogP contribution in [0.5, 0.6) is 0 Å². The first kappa shape index (κ1) is 22.1. The van der Waals surface area contributed by atoms with Crippen molar-refractivity contribution in [2.45, 2.75) is 60.0 Å². The Labute approximate surface area is 145 Å². The maximum absolute atomic E-state index is 11.3. The summed E-state index contributed by atoms with van der Waals surface area (Å²) in [4.78, 5) is 22.3. The number of ether oxygens (including phenoxy) is 2. The summed E-state index contributed by atoms with van der Waals surface area (Å²) in [5.41, 5.74) is 3.06. The molecule has 0 amide bonds. The van der Waals surface area contributed by atoms with Crippen molar-refractivity contribution in [2.75, 3.05) is 13.2 Å². The molecule has 0 aliphatic heterocycles. The van der Waals surface area contributed by atoms with Crippen LogP contribution < -0.4 is 0 Å². The minimum Gasteiger partial charge on any atom is -0.461 e. The fourth-order valence-corrected chi connectivity index (χ4v) is 2.06. The molecule has 0 rings (SSSR count). The average molecular weight is 338 g/mol. The SMILES string of the molecule is CC(=O)OC/C(=C\CO)C(C/C=C(\C)CCC=C(C)C)OC(C)=O. The molecule has 1 unspecified atom stereocenters. The second-order valence-corrected chi connectivity index (χ2v) is 5.95. The Hall–Kier alpha value is -1.88. The Morgan fingerprint density at radius 1 is 1.00 bits per heavy atom. The van der Waals surface area contributed by atoms with Gasteiger partial charge in [0, 0.05) is 25.8 Å². The lowest BCUT2D eigenvalue weighted by Gasteiger charge is -2.19. The molecule has 0 aromatic heterocycles. The molecule has 0 heterocycles. The predicted octanol–water partition coefficient (Wildman–Crippen LogP) is 3.48. The van der Waals surface area contributed by atoms with Crippen molar-refractivity contribution in [1.29, 1.82) is 0 Å². The van der Waals surface area contributed by atoms with Gasteiger partial charge in [-0.3, -0.25) is 9.59 Å². The molecule has 24 heavy (non-hydrogen) atoms. The Balaban J connectivity index is 4.95. The van der Waals surface area contributed by atoms with Gasteiger partial charge in [0.1, 0.15) is 12.7 Å². The van der Waals surface area contributed by atoms with E-state index < -0.39 is 18.0 Å². The lowest BCUT2D eigenvalue weighted by molar-refractivity contribution is -0.145. The van der Waals surface area contributed by atoms with Crippen LogP contribution in [0, 0.1) is 0 Å². The Bertz CT molecular complexity index is 496. The van der Waals surface area contributed by atoms with Crippen molar-refractivity contribution >= 4 is 11.9 Å². The summed E-state index contributed by atoms with van der Waals surface area (Å²) in [6.45, 7) is 8.60. The lowest BCUT2D eigenvalue weighted by atomic mass is 10.0. The van der Waals surface area contributed by atoms with Crippen LogP contribution in [0.4, 0.5) is 0 Å². The quantitative estimate of drug-likeness (QED) is 0.488. The van der Waals surface area contributed by atoms with Gasteiger partial charge in [-0.25, -0.2) is 0 Å². The van der Waals surface area contributed by atoms with E-state index in [0.717, 1.165) is 12.8 Å². The van der Waals surface area contributed by atoms with Crippen molar-refractivity contribution in [1.82, 2.24) is 0 Å². The predicted molar refractivity (Wildman–Crippen MR) is 94.4 cm³/mol. The average Bonchev–Trinajstić information content (AvgIpc) is 2.47. The van der Waals surface area contributed by atoms with Gasteiger partial charge in [0.25, 0.3) is 0 Å². The first-order valence-corrected chi connectivity index (χ1v) is 8.15. The summed E-state index contributed by atoms with van der Waals surface area (Å²) in [5.74, 6) is -0.837. The molecule has 0 spiro atoms. The molecule has 136 valence electrons. The van der Waals surface area contributed by atoms with E-state index >= 15 is 0 Å². The van der Waals surface area contributed by atoms with Gasteiger partial charge in [0.15, 0.2) is 0 Å². The molecule has 5 heteroatoms. The van der Waals surface area contributed by atoms with E-state index in [0.29, 0.717) is 12.0 Å². The summed E-state index contributed by atoms with van der Waals surface area (Å²) < 4.78 is 10.3. The van der Waals surface area contributed by atoms with E-state index in [1.807, 2.05) is 13.0 Å². The molecule has 0 aromatic rings. The summed E-state index contributed by atoms with van der Waals surface area (Å²) in [6.07, 6.45) is 7.55. The number of esters is 2. The first-order chi connectivity index (χ1) is 11.3. The van der Waals surface area contributed by atoms with E-state index in [4.69, 9.17) is 14.6 Å². The molecule has 0 saturated carbocycles. The zero-order valence-electron chi connectivity index (χ0n) is 15.4. The summed E-state index contributed by atoms with van der Waals surface area (Å²) in [7, 11) is 0. The number of aliphatic hydroxyl groups excluding tert-OH is 1. The number of allylic oxidation sites excluding steroid dienone is 3. The van der Waals surface area contributed by atoms with Gasteiger partial charge in [0.05, 0.1) is 6.61 Å². The topological polar surface area (TPSA) is 72.8 Å². The molecule has 0 fully saturated rings. The maximum atomic E-state index is 11.3. The molecule has 0 aliphatic carbocycles. The van der Waals surface area contributed by atoms with Crippen LogP contribution in [0.15, 0.2) is 34.9 Å². The van der Waals surface area contributed by atoms with Gasteiger partial charge >= 0.3 is 11.9 Å². The second-order valence-electron chi connectivity index (χ2n) is 5.95. The molecular formula is C19H30O5. The van der Waals surface area contributed by atoms with Gasteiger partial charge in [-0.1, -0.05) is 29.4 Å². The zero-order chi connectivity index (χ0) is 18.5. The third-order valence-corrected chi connectivity index (χ3v) is 3.29. The van der Waals surface area contributed by atoms with Crippen LogP contribution in [0.25, 0.3) is 0 Å². The highest BCUT2D eigenvalue weighted by Gasteiger charge is 2.17. The smallest absolute Gasteiger partial charge is 0.303 e. The fraction of sp³-hybridized carbons (Fsp3) is 0.579. The second kappa shape index (κ2) is 12.5. The summed E-state index contributed by atoms with van der Waals surface area (Å²) >= 11 is 0. The highest BCUT2D eigenvalue weighted by molar-refractivity contribution is 5.67. The lowest BCUT2D eigenvalue weighted by Crippen LogP contribution is -2.22. The molecule has 1 atom stereocenters. The number of rotatable bonds is 10. The molecule has 0 aromatic carbocycles. The monoisotopic (exact) mass is 338 g/mol. The third kappa shape index (κ3) is 11.7. The molecule has 0 bridgehead atoms. The molecular weight excluding hydrogens is 308 g/mol. The van der Waals surface area contributed by atoms with Gasteiger partial charge in [-0.15, -0.1) is 0 Å². The summed E-state index contributed by atoms with van der Waals surface area (Å²) in [5, 5.41) is 9.15. The zero-order valence-corrected chi connectivity index (χ0v) is 15.4. The highest BCUT2D eigenvalue weighted by atomic mass is 16.6. The van der Waals surface area contributed by atoms with Crippen LogP contribution in [0.3, 0.4) is 0 Å². The van der Waals surface area contributed by atoms with E-state index in [1.165, 1.54) is 31.1 Å². The van der Waals surface area contributed by atoms with Crippen molar-refractivity contribution in [3.63, 3.8) is 0 Å². The Kier molecular flexibility index (Phi) is 11.5.